The zero-order valence-corrected chi connectivity index (χ0v) is 20.5. The molecule has 0 saturated heterocycles. The summed E-state index contributed by atoms with van der Waals surface area (Å²) in [6, 6.07) is 0. The Kier molecular flexibility index (Phi) is 7.53. The molecule has 4 aliphatic rings. The summed E-state index contributed by atoms with van der Waals surface area (Å²) >= 11 is 0. The minimum atomic E-state index is 0.0181. The number of fused-ring (bicyclic) bond motifs is 5. The Morgan fingerprint density at radius 1 is 1.00 bits per heavy atom. The van der Waals surface area contributed by atoms with Gasteiger partial charge in [0.25, 0.3) is 0 Å². The smallest absolute Gasteiger partial charge is 0.137 e. The Morgan fingerprint density at radius 2 is 1.70 bits per heavy atom. The van der Waals surface area contributed by atoms with Gasteiger partial charge >= 0.3 is 0 Å². The minimum Gasteiger partial charge on any atom is -0.385 e. The second-order valence-corrected chi connectivity index (χ2v) is 11.2. The Bertz CT molecular complexity index is 628. The predicted molar refractivity (Wildman–Crippen MR) is 122 cm³/mol. The van der Waals surface area contributed by atoms with Crippen molar-refractivity contribution < 1.29 is 14.3 Å². The molecular formula is C27H46O3. The van der Waals surface area contributed by atoms with E-state index in [0.717, 1.165) is 37.7 Å². The average Bonchev–Trinajstić information content (AvgIpc) is 3.08. The van der Waals surface area contributed by atoms with Gasteiger partial charge in [-0.3, -0.25) is 9.59 Å². The lowest BCUT2D eigenvalue weighted by atomic mass is 9.44. The normalized spacial score (nSPS) is 43.7. The Balaban J connectivity index is 0.00000124. The van der Waals surface area contributed by atoms with Crippen molar-refractivity contribution in [3.8, 4) is 0 Å². The first-order valence-corrected chi connectivity index (χ1v) is 12.8. The summed E-state index contributed by atoms with van der Waals surface area (Å²) in [6.45, 7) is 12.2. The predicted octanol–water partition coefficient (Wildman–Crippen LogP) is 6.48. The van der Waals surface area contributed by atoms with Gasteiger partial charge in [0.2, 0.25) is 0 Å². The van der Waals surface area contributed by atoms with E-state index in [2.05, 4.69) is 20.8 Å². The second-order valence-electron chi connectivity index (χ2n) is 11.2. The molecule has 172 valence electrons. The van der Waals surface area contributed by atoms with Crippen LogP contribution in [0.25, 0.3) is 0 Å². The molecule has 4 aliphatic carbocycles. The number of methoxy groups -OCH3 is 1. The van der Waals surface area contributed by atoms with Gasteiger partial charge in [-0.15, -0.1) is 0 Å². The molecule has 3 nitrogen and oxygen atoms in total. The fraction of sp³-hybridized carbons (Fsp3) is 0.926. The highest BCUT2D eigenvalue weighted by Crippen LogP contribution is 2.67. The molecule has 0 aromatic carbocycles. The lowest BCUT2D eigenvalue weighted by molar-refractivity contribution is -0.159. The van der Waals surface area contributed by atoms with Crippen LogP contribution in [0.15, 0.2) is 0 Å². The van der Waals surface area contributed by atoms with Crippen LogP contribution < -0.4 is 0 Å². The van der Waals surface area contributed by atoms with E-state index in [-0.39, 0.29) is 11.3 Å². The standard InChI is InChI=1S/C25H40O3.C2H6/c1-16(6-5-13-28-4)19-7-8-20-18-15-23(27)22-14-17(26)9-11-25(22,3)21(18)10-12-24(19,20)2;1-2/h16,18-22H,5-15H2,1-4H3;1-2H3/t16?,18?,19?,20?,21?,22?,24-,25-;/m1./s1. The number of Topliss-reactive ketones (excluding diaryl/α,β-unsaturated/α-hetero) is 2. The minimum absolute atomic E-state index is 0.0181. The summed E-state index contributed by atoms with van der Waals surface area (Å²) in [4.78, 5) is 25.2. The maximum absolute atomic E-state index is 13.2. The van der Waals surface area contributed by atoms with Crippen LogP contribution in [0.3, 0.4) is 0 Å². The lowest BCUT2D eigenvalue weighted by Gasteiger charge is -2.59. The number of rotatable bonds is 5. The molecule has 0 aromatic rings. The van der Waals surface area contributed by atoms with Gasteiger partial charge in [-0.1, -0.05) is 34.6 Å². The van der Waals surface area contributed by atoms with Gasteiger partial charge in [-0.2, -0.15) is 0 Å². The summed E-state index contributed by atoms with van der Waals surface area (Å²) in [5.74, 6) is 4.23. The van der Waals surface area contributed by atoms with Crippen LogP contribution in [-0.2, 0) is 14.3 Å². The maximum atomic E-state index is 13.2. The third-order valence-corrected chi connectivity index (χ3v) is 10.0. The summed E-state index contributed by atoms with van der Waals surface area (Å²) in [5.41, 5.74) is 0.485. The summed E-state index contributed by atoms with van der Waals surface area (Å²) in [6.07, 6.45) is 10.6. The van der Waals surface area contributed by atoms with Crippen LogP contribution in [0, 0.1) is 46.3 Å². The first kappa shape index (κ1) is 24.0. The van der Waals surface area contributed by atoms with Crippen LogP contribution in [0.1, 0.15) is 98.8 Å². The van der Waals surface area contributed by atoms with Crippen LogP contribution in [-0.4, -0.2) is 25.3 Å². The van der Waals surface area contributed by atoms with E-state index < -0.39 is 0 Å². The number of hydrogen-bond donors (Lipinski definition) is 0. The average molecular weight is 419 g/mol. The molecule has 0 spiro atoms. The fourth-order valence-electron chi connectivity index (χ4n) is 8.56. The molecule has 4 rings (SSSR count). The molecule has 4 saturated carbocycles. The molecule has 4 fully saturated rings. The Hall–Kier alpha value is -0.700. The number of ether oxygens (including phenoxy) is 1. The molecule has 0 bridgehead atoms. The topological polar surface area (TPSA) is 43.4 Å². The van der Waals surface area contributed by atoms with E-state index in [0.29, 0.717) is 47.6 Å². The van der Waals surface area contributed by atoms with Crippen molar-refractivity contribution in [1.82, 2.24) is 0 Å². The largest absolute Gasteiger partial charge is 0.385 e. The fourth-order valence-corrected chi connectivity index (χ4v) is 8.56. The van der Waals surface area contributed by atoms with Crippen molar-refractivity contribution in [2.45, 2.75) is 98.8 Å². The molecule has 3 heteroatoms. The SMILES string of the molecule is CC.COCCCC(C)C1CCC2C3CC(=O)C4CC(=O)CC[C@]4(C)C3CC[C@]12C. The number of hydrogen-bond acceptors (Lipinski definition) is 3. The molecule has 8 atom stereocenters. The second kappa shape index (κ2) is 9.43. The molecular weight excluding hydrogens is 372 g/mol. The van der Waals surface area contributed by atoms with Crippen LogP contribution >= 0.6 is 0 Å². The number of ketones is 2. The van der Waals surface area contributed by atoms with E-state index in [1.54, 1.807) is 7.11 Å². The van der Waals surface area contributed by atoms with E-state index >= 15 is 0 Å². The Morgan fingerprint density at radius 3 is 2.40 bits per heavy atom. The molecule has 6 unspecified atom stereocenters. The van der Waals surface area contributed by atoms with Gasteiger partial charge < -0.3 is 4.74 Å². The van der Waals surface area contributed by atoms with Crippen molar-refractivity contribution in [2.75, 3.05) is 13.7 Å². The van der Waals surface area contributed by atoms with Crippen molar-refractivity contribution in [1.29, 1.82) is 0 Å². The van der Waals surface area contributed by atoms with Gasteiger partial charge in [0.1, 0.15) is 11.6 Å². The quantitative estimate of drug-likeness (QED) is 0.480. The molecule has 0 radical (unpaired) electrons. The Labute approximate surface area is 185 Å². The van der Waals surface area contributed by atoms with E-state index in [4.69, 9.17) is 4.74 Å². The number of carbonyl (C=O) groups excluding carboxylic acids is 2. The van der Waals surface area contributed by atoms with Crippen LogP contribution in [0.5, 0.6) is 0 Å². The van der Waals surface area contributed by atoms with Crippen molar-refractivity contribution in [2.24, 2.45) is 46.3 Å². The molecule has 0 heterocycles. The van der Waals surface area contributed by atoms with Gasteiger partial charge in [-0.25, -0.2) is 0 Å². The van der Waals surface area contributed by atoms with Crippen LogP contribution in [0.2, 0.25) is 0 Å². The molecule has 0 aliphatic heterocycles. The van der Waals surface area contributed by atoms with Crippen molar-refractivity contribution in [3.63, 3.8) is 0 Å². The zero-order valence-electron chi connectivity index (χ0n) is 20.5. The first-order chi connectivity index (χ1) is 14.3. The molecule has 0 aromatic heterocycles. The summed E-state index contributed by atoms with van der Waals surface area (Å²) in [7, 11) is 1.80. The highest BCUT2D eigenvalue weighted by molar-refractivity contribution is 5.90. The monoisotopic (exact) mass is 418 g/mol. The van der Waals surface area contributed by atoms with Gasteiger partial charge in [0.05, 0.1) is 0 Å². The van der Waals surface area contributed by atoms with E-state index in [1.807, 2.05) is 13.8 Å². The van der Waals surface area contributed by atoms with Gasteiger partial charge in [0, 0.05) is 38.9 Å². The van der Waals surface area contributed by atoms with Crippen LogP contribution in [0.4, 0.5) is 0 Å². The maximum Gasteiger partial charge on any atom is 0.137 e. The third kappa shape index (κ3) is 3.93. The van der Waals surface area contributed by atoms with Gasteiger partial charge in [-0.05, 0) is 85.4 Å². The highest BCUT2D eigenvalue weighted by Gasteiger charge is 2.62. The van der Waals surface area contributed by atoms with E-state index in [9.17, 15) is 9.59 Å². The lowest BCUT2D eigenvalue weighted by Crippen LogP contribution is -2.56. The molecule has 30 heavy (non-hydrogen) atoms. The van der Waals surface area contributed by atoms with Crippen molar-refractivity contribution in [3.05, 3.63) is 0 Å². The summed E-state index contributed by atoms with van der Waals surface area (Å²) in [5, 5.41) is 0. The number of carbonyl (C=O) groups is 2. The van der Waals surface area contributed by atoms with E-state index in [1.165, 1.54) is 32.1 Å². The highest BCUT2D eigenvalue weighted by atomic mass is 16.5. The van der Waals surface area contributed by atoms with Gasteiger partial charge in [0.15, 0.2) is 0 Å². The first-order valence-electron chi connectivity index (χ1n) is 12.8. The third-order valence-electron chi connectivity index (χ3n) is 10.0. The summed E-state index contributed by atoms with van der Waals surface area (Å²) < 4.78 is 5.28. The van der Waals surface area contributed by atoms with Crippen molar-refractivity contribution >= 4 is 11.6 Å². The molecule has 0 N–H and O–H groups in total. The zero-order chi connectivity index (χ0) is 22.1. The molecule has 0 amide bonds.